The van der Waals surface area contributed by atoms with Crippen LogP contribution >= 0.6 is 0 Å². The van der Waals surface area contributed by atoms with E-state index in [0.29, 0.717) is 25.9 Å². The zero-order valence-electron chi connectivity index (χ0n) is 13.8. The van der Waals surface area contributed by atoms with Gasteiger partial charge in [-0.2, -0.15) is 0 Å². The van der Waals surface area contributed by atoms with Gasteiger partial charge in [-0.25, -0.2) is 18.4 Å². The van der Waals surface area contributed by atoms with Crippen molar-refractivity contribution < 1.29 is 17.9 Å². The van der Waals surface area contributed by atoms with E-state index in [9.17, 15) is 13.2 Å². The molecule has 2 aliphatic heterocycles. The lowest BCUT2D eigenvalue weighted by atomic mass is 9.83. The van der Waals surface area contributed by atoms with Crippen LogP contribution in [0.4, 0.5) is 0 Å². The molecule has 8 heteroatoms. The smallest absolute Gasteiger partial charge is 0.316 e. The molecule has 2 aliphatic rings. The minimum absolute atomic E-state index is 0.0515. The highest BCUT2D eigenvalue weighted by Gasteiger charge is 2.62. The highest BCUT2D eigenvalue weighted by molar-refractivity contribution is 7.93. The van der Waals surface area contributed by atoms with E-state index in [2.05, 4.69) is 9.97 Å². The first kappa shape index (κ1) is 17.1. The molecule has 24 heavy (non-hydrogen) atoms. The number of carbonyl (C=O) groups excluding carboxylic acids is 1. The molecule has 1 aromatic rings. The van der Waals surface area contributed by atoms with Crippen molar-refractivity contribution in [2.24, 2.45) is 5.92 Å². The Kier molecular flexibility index (Phi) is 4.76. The molecule has 2 saturated heterocycles. The Morgan fingerprint density at radius 3 is 2.75 bits per heavy atom. The fourth-order valence-corrected chi connectivity index (χ4v) is 5.91. The minimum Gasteiger partial charge on any atom is -0.463 e. The third kappa shape index (κ3) is 2.99. The van der Waals surface area contributed by atoms with Gasteiger partial charge in [0.2, 0.25) is 5.91 Å². The molecule has 1 atom stereocenters. The number of carbonyl (C=O) groups is 1. The van der Waals surface area contributed by atoms with Crippen molar-refractivity contribution in [1.82, 2.24) is 14.9 Å². The van der Waals surface area contributed by atoms with Crippen LogP contribution in [-0.4, -0.2) is 59.4 Å². The number of unbranched alkanes of at least 4 members (excludes halogenated alkanes) is 1. The first-order valence-corrected chi connectivity index (χ1v) is 10.0. The highest BCUT2D eigenvalue weighted by Crippen LogP contribution is 2.45. The van der Waals surface area contributed by atoms with Crippen molar-refractivity contribution in [1.29, 1.82) is 0 Å². The van der Waals surface area contributed by atoms with Crippen molar-refractivity contribution >= 4 is 15.7 Å². The van der Waals surface area contributed by atoms with E-state index in [0.717, 1.165) is 12.8 Å². The van der Waals surface area contributed by atoms with Gasteiger partial charge in [-0.15, -0.1) is 0 Å². The quantitative estimate of drug-likeness (QED) is 0.760. The Labute approximate surface area is 142 Å². The molecule has 0 bridgehead atoms. The average Bonchev–Trinajstić information content (AvgIpc) is 2.81. The molecule has 1 amide bonds. The van der Waals surface area contributed by atoms with Gasteiger partial charge in [0.25, 0.3) is 0 Å². The van der Waals surface area contributed by atoms with E-state index in [4.69, 9.17) is 4.74 Å². The van der Waals surface area contributed by atoms with Crippen molar-refractivity contribution in [2.75, 3.05) is 25.4 Å². The lowest BCUT2D eigenvalue weighted by molar-refractivity contribution is -0.137. The van der Waals surface area contributed by atoms with Crippen molar-refractivity contribution in [3.63, 3.8) is 0 Å². The molecule has 3 rings (SSSR count). The Bertz CT molecular complexity index is 687. The van der Waals surface area contributed by atoms with Crippen LogP contribution in [0.3, 0.4) is 0 Å². The molecule has 1 aromatic heterocycles. The van der Waals surface area contributed by atoms with E-state index in [1.165, 1.54) is 0 Å². The second kappa shape index (κ2) is 6.66. The van der Waals surface area contributed by atoms with Crippen LogP contribution in [0.5, 0.6) is 6.01 Å². The van der Waals surface area contributed by atoms with Crippen LogP contribution in [0.2, 0.25) is 0 Å². The van der Waals surface area contributed by atoms with Gasteiger partial charge in [-0.3, -0.25) is 4.79 Å². The topological polar surface area (TPSA) is 89.5 Å². The minimum atomic E-state index is -3.21. The predicted molar refractivity (Wildman–Crippen MR) is 88.3 cm³/mol. The van der Waals surface area contributed by atoms with Gasteiger partial charge in [0.05, 0.1) is 12.4 Å². The number of amides is 1. The van der Waals surface area contributed by atoms with Crippen molar-refractivity contribution in [3.05, 3.63) is 18.5 Å². The van der Waals surface area contributed by atoms with Crippen molar-refractivity contribution in [3.8, 4) is 6.01 Å². The third-order valence-electron chi connectivity index (χ3n) is 5.07. The number of rotatable bonds is 6. The van der Waals surface area contributed by atoms with Gasteiger partial charge in [-0.1, -0.05) is 13.3 Å². The first-order valence-electron chi connectivity index (χ1n) is 8.38. The zero-order chi connectivity index (χ0) is 17.2. The molecule has 0 aromatic carbocycles. The molecule has 0 N–H and O–H groups in total. The maximum Gasteiger partial charge on any atom is 0.316 e. The molecule has 0 radical (unpaired) electrons. The Morgan fingerprint density at radius 1 is 1.38 bits per heavy atom. The van der Waals surface area contributed by atoms with Gasteiger partial charge in [0.1, 0.15) is 4.75 Å². The molecular weight excluding hydrogens is 330 g/mol. The van der Waals surface area contributed by atoms with Gasteiger partial charge in [0.15, 0.2) is 9.84 Å². The fraction of sp³-hybridized carbons (Fsp3) is 0.688. The number of nitrogens with zero attached hydrogens (tertiary/aromatic N) is 3. The Morgan fingerprint density at radius 2 is 2.08 bits per heavy atom. The van der Waals surface area contributed by atoms with Crippen LogP contribution in [-0.2, 0) is 14.6 Å². The monoisotopic (exact) mass is 353 g/mol. The largest absolute Gasteiger partial charge is 0.463 e. The summed E-state index contributed by atoms with van der Waals surface area (Å²) in [5.41, 5.74) is 0. The number of aromatic nitrogens is 2. The summed E-state index contributed by atoms with van der Waals surface area (Å²) in [6.45, 7) is 2.88. The molecule has 3 heterocycles. The summed E-state index contributed by atoms with van der Waals surface area (Å²) in [5, 5.41) is 0. The third-order valence-corrected chi connectivity index (χ3v) is 7.67. The summed E-state index contributed by atoms with van der Waals surface area (Å²) < 4.78 is 29.8. The summed E-state index contributed by atoms with van der Waals surface area (Å²) in [4.78, 5) is 21.8. The second-order valence-corrected chi connectivity index (χ2v) is 9.02. The van der Waals surface area contributed by atoms with Crippen LogP contribution in [0.1, 0.15) is 32.6 Å². The zero-order valence-corrected chi connectivity index (χ0v) is 14.7. The van der Waals surface area contributed by atoms with Gasteiger partial charge >= 0.3 is 6.01 Å². The molecule has 7 nitrogen and oxygen atoms in total. The molecule has 2 fully saturated rings. The maximum absolute atomic E-state index is 12.5. The van der Waals surface area contributed by atoms with Crippen LogP contribution in [0.15, 0.2) is 18.5 Å². The second-order valence-electron chi connectivity index (χ2n) is 6.56. The predicted octanol–water partition coefficient (Wildman–Crippen LogP) is 1.06. The molecular formula is C16H23N3O4S. The van der Waals surface area contributed by atoms with Gasteiger partial charge in [0, 0.05) is 37.8 Å². The van der Waals surface area contributed by atoms with Gasteiger partial charge < -0.3 is 9.64 Å². The molecule has 0 saturated carbocycles. The number of sulfone groups is 1. The van der Waals surface area contributed by atoms with Crippen molar-refractivity contribution in [2.45, 2.75) is 37.4 Å². The molecule has 1 unspecified atom stereocenters. The lowest BCUT2D eigenvalue weighted by Gasteiger charge is -2.49. The SMILES string of the molecule is CCCCC(=O)N1CC2(C1)C(COc1ncccn1)CCS2(=O)=O. The number of ether oxygens (including phenoxy) is 1. The van der Waals surface area contributed by atoms with Crippen LogP contribution in [0.25, 0.3) is 0 Å². The average molecular weight is 353 g/mol. The van der Waals surface area contributed by atoms with E-state index >= 15 is 0 Å². The highest BCUT2D eigenvalue weighted by atomic mass is 32.2. The Hall–Kier alpha value is -1.70. The van der Waals surface area contributed by atoms with Gasteiger partial charge in [-0.05, 0) is 18.9 Å². The number of hydrogen-bond donors (Lipinski definition) is 0. The number of likely N-dealkylation sites (tertiary alicyclic amines) is 1. The number of hydrogen-bond acceptors (Lipinski definition) is 6. The normalized spacial score (nSPS) is 23.9. The summed E-state index contributed by atoms with van der Waals surface area (Å²) in [7, 11) is -3.21. The molecule has 1 spiro atoms. The maximum atomic E-state index is 12.5. The lowest BCUT2D eigenvalue weighted by Crippen LogP contribution is -2.68. The van der Waals surface area contributed by atoms with E-state index in [1.807, 2.05) is 6.92 Å². The van der Waals surface area contributed by atoms with E-state index in [1.54, 1.807) is 23.4 Å². The Balaban J connectivity index is 1.65. The van der Waals surface area contributed by atoms with Crippen LogP contribution < -0.4 is 4.74 Å². The van der Waals surface area contributed by atoms with E-state index < -0.39 is 14.6 Å². The summed E-state index contributed by atoms with van der Waals surface area (Å²) in [6, 6.07) is 1.95. The molecule has 0 aliphatic carbocycles. The fourth-order valence-electron chi connectivity index (χ4n) is 3.51. The van der Waals surface area contributed by atoms with Crippen LogP contribution in [0, 0.1) is 5.92 Å². The summed E-state index contributed by atoms with van der Waals surface area (Å²) in [5.74, 6) is 0.0883. The standard InChI is InChI=1S/C16H23N3O4S/c1-2-3-5-14(20)19-11-16(12-19)13(6-9-24(16,21)22)10-23-15-17-7-4-8-18-15/h4,7-8,13H,2-3,5-6,9-12H2,1H3. The summed E-state index contributed by atoms with van der Waals surface area (Å²) in [6.07, 6.45) is 6.02. The molecule has 132 valence electrons. The first-order chi connectivity index (χ1) is 11.5. The van der Waals surface area contributed by atoms with E-state index in [-0.39, 0.29) is 30.2 Å². The summed E-state index contributed by atoms with van der Waals surface area (Å²) >= 11 is 0.